The van der Waals surface area contributed by atoms with E-state index in [4.69, 9.17) is 0 Å². The molecule has 0 aliphatic rings. The number of aromatic hydroxyl groups is 1. The molecule has 1 aromatic carbocycles. The highest BCUT2D eigenvalue weighted by Gasteiger charge is 2.02. The van der Waals surface area contributed by atoms with Crippen molar-refractivity contribution in [3.8, 4) is 5.75 Å². The van der Waals surface area contributed by atoms with Crippen LogP contribution in [0.4, 0.5) is 0 Å². The molecule has 0 unspecified atom stereocenters. The molecule has 66 valence electrons. The normalized spacial score (nSPS) is 10.2. The van der Waals surface area contributed by atoms with E-state index in [-0.39, 0.29) is 0 Å². The maximum atomic E-state index is 9.39. The Morgan fingerprint density at radius 3 is 2.83 bits per heavy atom. The molecule has 0 amide bonds. The van der Waals surface area contributed by atoms with Crippen molar-refractivity contribution < 1.29 is 5.11 Å². The molecule has 0 bridgehead atoms. The van der Waals surface area contributed by atoms with Gasteiger partial charge < -0.3 is 5.11 Å². The van der Waals surface area contributed by atoms with E-state index in [9.17, 15) is 5.11 Å². The maximum absolute atomic E-state index is 9.39. The first kappa shape index (κ1) is 9.84. The molecule has 1 rings (SSSR count). The van der Waals surface area contributed by atoms with E-state index in [1.54, 1.807) is 6.07 Å². The number of aryl methyl sites for hydroxylation is 1. The largest absolute Gasteiger partial charge is 0.507 e. The van der Waals surface area contributed by atoms with E-state index in [0.29, 0.717) is 5.75 Å². The third kappa shape index (κ3) is 2.37. The molecule has 0 aliphatic heterocycles. The average molecular weight is 276 g/mol. The van der Waals surface area contributed by atoms with Crippen molar-refractivity contribution in [1.82, 2.24) is 0 Å². The molecule has 0 heterocycles. The Bertz CT molecular complexity index is 258. The summed E-state index contributed by atoms with van der Waals surface area (Å²) < 4.78 is 1.00. The van der Waals surface area contributed by atoms with Gasteiger partial charge in [0.25, 0.3) is 0 Å². The molecule has 0 saturated carbocycles. The molecule has 12 heavy (non-hydrogen) atoms. The Hall–Kier alpha value is -0.250. The molecular weight excluding hydrogens is 263 g/mol. The van der Waals surface area contributed by atoms with Gasteiger partial charge in [-0.1, -0.05) is 25.5 Å². The molecule has 0 radical (unpaired) electrons. The molecule has 0 atom stereocenters. The number of phenols is 1. The number of phenolic OH excluding ortho intramolecular Hbond substituents is 1. The topological polar surface area (TPSA) is 20.2 Å². The minimum absolute atomic E-state index is 0.407. The zero-order valence-corrected chi connectivity index (χ0v) is 9.34. The van der Waals surface area contributed by atoms with Crippen molar-refractivity contribution in [2.75, 3.05) is 0 Å². The predicted molar refractivity (Wildman–Crippen MR) is 59.4 cm³/mol. The van der Waals surface area contributed by atoms with Gasteiger partial charge in [-0.15, -0.1) is 0 Å². The van der Waals surface area contributed by atoms with Crippen molar-refractivity contribution in [3.63, 3.8) is 0 Å². The summed E-state index contributed by atoms with van der Waals surface area (Å²) in [5.41, 5.74) is 1.26. The van der Waals surface area contributed by atoms with Gasteiger partial charge in [0.15, 0.2) is 0 Å². The van der Waals surface area contributed by atoms with Gasteiger partial charge in [-0.2, -0.15) is 0 Å². The second-order valence-corrected chi connectivity index (χ2v) is 3.93. The molecule has 0 aliphatic carbocycles. The summed E-state index contributed by atoms with van der Waals surface area (Å²) in [5, 5.41) is 9.39. The van der Waals surface area contributed by atoms with Gasteiger partial charge >= 0.3 is 0 Å². The van der Waals surface area contributed by atoms with Crippen LogP contribution in [-0.4, -0.2) is 5.11 Å². The fourth-order valence-corrected chi connectivity index (χ4v) is 1.76. The lowest BCUT2D eigenvalue weighted by atomic mass is 10.1. The molecular formula is C10H13IO. The summed E-state index contributed by atoms with van der Waals surface area (Å²) in [6, 6.07) is 5.72. The monoisotopic (exact) mass is 276 g/mol. The Balaban J connectivity index is 2.78. The number of hydrogen-bond donors (Lipinski definition) is 1. The molecule has 0 spiro atoms. The van der Waals surface area contributed by atoms with Gasteiger partial charge in [0.2, 0.25) is 0 Å². The number of rotatable bonds is 3. The van der Waals surface area contributed by atoms with Gasteiger partial charge in [0.05, 0.1) is 3.57 Å². The molecule has 1 N–H and O–H groups in total. The van der Waals surface area contributed by atoms with Gasteiger partial charge in [-0.3, -0.25) is 0 Å². The van der Waals surface area contributed by atoms with Crippen molar-refractivity contribution in [2.45, 2.75) is 26.2 Å². The van der Waals surface area contributed by atoms with Crippen LogP contribution in [0.2, 0.25) is 0 Å². The minimum Gasteiger partial charge on any atom is -0.507 e. The van der Waals surface area contributed by atoms with Crippen molar-refractivity contribution in [1.29, 1.82) is 0 Å². The fraction of sp³-hybridized carbons (Fsp3) is 0.400. The highest BCUT2D eigenvalue weighted by atomic mass is 127. The first-order valence-electron chi connectivity index (χ1n) is 4.22. The van der Waals surface area contributed by atoms with E-state index in [1.165, 1.54) is 18.4 Å². The second-order valence-electron chi connectivity index (χ2n) is 2.85. The SMILES string of the molecule is CCCCc1cccc(O)c1I. The molecule has 0 saturated heterocycles. The van der Waals surface area contributed by atoms with Crippen LogP contribution < -0.4 is 0 Å². The average Bonchev–Trinajstić information content (AvgIpc) is 2.08. The first-order chi connectivity index (χ1) is 5.75. The van der Waals surface area contributed by atoms with Crippen molar-refractivity contribution in [3.05, 3.63) is 27.3 Å². The number of hydrogen-bond acceptors (Lipinski definition) is 1. The summed E-state index contributed by atoms with van der Waals surface area (Å²) in [6.07, 6.45) is 3.47. The zero-order chi connectivity index (χ0) is 8.97. The van der Waals surface area contributed by atoms with Gasteiger partial charge in [0, 0.05) is 0 Å². The summed E-state index contributed by atoms with van der Waals surface area (Å²) in [6.45, 7) is 2.18. The number of halogens is 1. The lowest BCUT2D eigenvalue weighted by Crippen LogP contribution is -1.88. The Morgan fingerprint density at radius 1 is 1.42 bits per heavy atom. The van der Waals surface area contributed by atoms with Crippen LogP contribution in [0.15, 0.2) is 18.2 Å². The fourth-order valence-electron chi connectivity index (χ4n) is 1.13. The highest BCUT2D eigenvalue weighted by molar-refractivity contribution is 14.1. The van der Waals surface area contributed by atoms with Crippen molar-refractivity contribution in [2.24, 2.45) is 0 Å². The van der Waals surface area contributed by atoms with E-state index in [0.717, 1.165) is 9.99 Å². The van der Waals surface area contributed by atoms with E-state index in [1.807, 2.05) is 6.07 Å². The third-order valence-electron chi connectivity index (χ3n) is 1.86. The summed E-state index contributed by atoms with van der Waals surface area (Å²) in [5.74, 6) is 0.407. The third-order valence-corrected chi connectivity index (χ3v) is 3.10. The summed E-state index contributed by atoms with van der Waals surface area (Å²) >= 11 is 2.19. The Labute approximate surface area is 86.9 Å². The minimum atomic E-state index is 0.407. The second kappa shape index (κ2) is 4.70. The highest BCUT2D eigenvalue weighted by Crippen LogP contribution is 2.23. The molecule has 0 aromatic heterocycles. The van der Waals surface area contributed by atoms with Crippen LogP contribution in [0.25, 0.3) is 0 Å². The van der Waals surface area contributed by atoms with E-state index in [2.05, 4.69) is 35.6 Å². The Kier molecular flexibility index (Phi) is 3.85. The van der Waals surface area contributed by atoms with Crippen LogP contribution in [0, 0.1) is 3.57 Å². The van der Waals surface area contributed by atoms with Crippen LogP contribution in [0.5, 0.6) is 5.75 Å². The lowest BCUT2D eigenvalue weighted by molar-refractivity contribution is 0.470. The van der Waals surface area contributed by atoms with Crippen LogP contribution in [0.3, 0.4) is 0 Å². The predicted octanol–water partition coefficient (Wildman–Crippen LogP) is 3.34. The standard InChI is InChI=1S/C10H13IO/c1-2-3-5-8-6-4-7-9(12)10(8)11/h4,6-7,12H,2-3,5H2,1H3. The molecule has 2 heteroatoms. The molecule has 1 nitrogen and oxygen atoms in total. The summed E-state index contributed by atoms with van der Waals surface area (Å²) in [7, 11) is 0. The lowest BCUT2D eigenvalue weighted by Gasteiger charge is -2.04. The van der Waals surface area contributed by atoms with Crippen molar-refractivity contribution >= 4 is 22.6 Å². The molecule has 0 fully saturated rings. The van der Waals surface area contributed by atoms with Gasteiger partial charge in [-0.05, 0) is 47.1 Å². The van der Waals surface area contributed by atoms with Gasteiger partial charge in [-0.25, -0.2) is 0 Å². The first-order valence-corrected chi connectivity index (χ1v) is 5.30. The van der Waals surface area contributed by atoms with E-state index >= 15 is 0 Å². The van der Waals surface area contributed by atoms with Gasteiger partial charge in [0.1, 0.15) is 5.75 Å². The maximum Gasteiger partial charge on any atom is 0.129 e. The quantitative estimate of drug-likeness (QED) is 0.839. The number of benzene rings is 1. The Morgan fingerprint density at radius 2 is 2.17 bits per heavy atom. The number of unbranched alkanes of at least 4 members (excludes halogenated alkanes) is 1. The zero-order valence-electron chi connectivity index (χ0n) is 7.18. The summed E-state index contributed by atoms with van der Waals surface area (Å²) in [4.78, 5) is 0. The molecule has 1 aromatic rings. The van der Waals surface area contributed by atoms with Crippen LogP contribution in [-0.2, 0) is 6.42 Å². The van der Waals surface area contributed by atoms with Crippen LogP contribution in [0.1, 0.15) is 25.3 Å². The van der Waals surface area contributed by atoms with Crippen LogP contribution >= 0.6 is 22.6 Å². The smallest absolute Gasteiger partial charge is 0.129 e. The van der Waals surface area contributed by atoms with E-state index < -0.39 is 0 Å².